The van der Waals surface area contributed by atoms with E-state index in [1.165, 1.54) is 0 Å². The molecular formula is C19H17ClN4O2. The average Bonchev–Trinajstić information content (AvgIpc) is 3.20. The molecule has 7 heteroatoms. The summed E-state index contributed by atoms with van der Waals surface area (Å²) in [4.78, 5) is 26.6. The van der Waals surface area contributed by atoms with Gasteiger partial charge in [-0.2, -0.15) is 5.10 Å². The summed E-state index contributed by atoms with van der Waals surface area (Å²) >= 11 is 6.18. The molecule has 1 saturated heterocycles. The normalized spacial score (nSPS) is 17.1. The first kappa shape index (κ1) is 16.6. The number of aromatic nitrogens is 2. The SMILES string of the molecule is Cc1ccc(NC(=O)[C@H]2CC(=O)N(c3n[nH]c4ccccc34)C2)c(Cl)c1. The van der Waals surface area contributed by atoms with Crippen molar-refractivity contribution in [1.29, 1.82) is 0 Å². The van der Waals surface area contributed by atoms with E-state index in [0.29, 0.717) is 23.1 Å². The molecule has 1 atom stereocenters. The van der Waals surface area contributed by atoms with Crippen LogP contribution in [0.15, 0.2) is 42.5 Å². The Bertz CT molecular complexity index is 1010. The van der Waals surface area contributed by atoms with Gasteiger partial charge in [0.05, 0.1) is 22.1 Å². The minimum atomic E-state index is -0.449. The van der Waals surface area contributed by atoms with Crippen LogP contribution in [-0.4, -0.2) is 28.6 Å². The molecule has 132 valence electrons. The van der Waals surface area contributed by atoms with E-state index in [1.54, 1.807) is 17.0 Å². The average molecular weight is 369 g/mol. The van der Waals surface area contributed by atoms with Crippen LogP contribution in [0.5, 0.6) is 0 Å². The van der Waals surface area contributed by atoms with Crippen molar-refractivity contribution in [2.75, 3.05) is 16.8 Å². The summed E-state index contributed by atoms with van der Waals surface area (Å²) in [7, 11) is 0. The molecule has 1 aliphatic rings. The molecule has 2 heterocycles. The van der Waals surface area contributed by atoms with Gasteiger partial charge in [0, 0.05) is 18.4 Å². The topological polar surface area (TPSA) is 78.1 Å². The molecule has 0 spiro atoms. The number of rotatable bonds is 3. The summed E-state index contributed by atoms with van der Waals surface area (Å²) in [5.41, 5.74) is 2.42. The van der Waals surface area contributed by atoms with Crippen LogP contribution >= 0.6 is 11.6 Å². The van der Waals surface area contributed by atoms with E-state index < -0.39 is 5.92 Å². The Morgan fingerprint density at radius 3 is 2.92 bits per heavy atom. The number of H-pyrrole nitrogens is 1. The largest absolute Gasteiger partial charge is 0.324 e. The van der Waals surface area contributed by atoms with Gasteiger partial charge in [0.1, 0.15) is 0 Å². The maximum atomic E-state index is 12.6. The first-order valence-corrected chi connectivity index (χ1v) is 8.71. The van der Waals surface area contributed by atoms with Crippen molar-refractivity contribution < 1.29 is 9.59 Å². The number of hydrogen-bond acceptors (Lipinski definition) is 3. The van der Waals surface area contributed by atoms with E-state index in [-0.39, 0.29) is 18.2 Å². The molecule has 1 aromatic heterocycles. The zero-order valence-corrected chi connectivity index (χ0v) is 14.9. The second-order valence-corrected chi connectivity index (χ2v) is 6.88. The monoisotopic (exact) mass is 368 g/mol. The van der Waals surface area contributed by atoms with Gasteiger partial charge in [-0.05, 0) is 36.8 Å². The standard InChI is InChI=1S/C19H17ClN4O2/c1-11-6-7-16(14(20)8-11)21-19(26)12-9-17(25)24(10-12)18-13-4-2-3-5-15(13)22-23-18/h2-8,12H,9-10H2,1H3,(H,21,26)(H,22,23)/t12-/m0/s1. The van der Waals surface area contributed by atoms with Crippen LogP contribution in [0.25, 0.3) is 10.9 Å². The lowest BCUT2D eigenvalue weighted by Gasteiger charge is -2.15. The quantitative estimate of drug-likeness (QED) is 0.742. The first-order valence-electron chi connectivity index (χ1n) is 8.33. The summed E-state index contributed by atoms with van der Waals surface area (Å²) < 4.78 is 0. The molecule has 2 N–H and O–H groups in total. The number of para-hydroxylation sites is 1. The van der Waals surface area contributed by atoms with Gasteiger partial charge in [-0.25, -0.2) is 0 Å². The lowest BCUT2D eigenvalue weighted by molar-refractivity contribution is -0.122. The predicted octanol–water partition coefficient (Wildman–Crippen LogP) is 3.52. The third kappa shape index (κ3) is 2.93. The minimum absolute atomic E-state index is 0.114. The number of benzene rings is 2. The molecular weight excluding hydrogens is 352 g/mol. The molecule has 1 fully saturated rings. The molecule has 6 nitrogen and oxygen atoms in total. The summed E-state index contributed by atoms with van der Waals surface area (Å²) in [5.74, 6) is -0.214. The number of anilines is 2. The van der Waals surface area contributed by atoms with Crippen molar-refractivity contribution in [3.05, 3.63) is 53.1 Å². The van der Waals surface area contributed by atoms with E-state index >= 15 is 0 Å². The summed E-state index contributed by atoms with van der Waals surface area (Å²) in [5, 5.41) is 11.4. The Morgan fingerprint density at radius 2 is 2.12 bits per heavy atom. The van der Waals surface area contributed by atoms with Crippen LogP contribution < -0.4 is 10.2 Å². The number of amides is 2. The zero-order valence-electron chi connectivity index (χ0n) is 14.1. The molecule has 0 bridgehead atoms. The number of carbonyl (C=O) groups is 2. The molecule has 2 aromatic carbocycles. The second-order valence-electron chi connectivity index (χ2n) is 6.47. The van der Waals surface area contributed by atoms with Crippen molar-refractivity contribution in [3.63, 3.8) is 0 Å². The Balaban J connectivity index is 1.53. The Kier molecular flexibility index (Phi) is 4.12. The van der Waals surface area contributed by atoms with Gasteiger partial charge in [0.15, 0.2) is 5.82 Å². The molecule has 0 aliphatic carbocycles. The number of hydrogen-bond donors (Lipinski definition) is 2. The number of nitrogens with zero attached hydrogens (tertiary/aromatic N) is 2. The van der Waals surface area contributed by atoms with Crippen LogP contribution in [-0.2, 0) is 9.59 Å². The number of aromatic amines is 1. The van der Waals surface area contributed by atoms with Crippen molar-refractivity contribution in [1.82, 2.24) is 10.2 Å². The fraction of sp³-hybridized carbons (Fsp3) is 0.211. The number of carbonyl (C=O) groups excluding carboxylic acids is 2. The first-order chi connectivity index (χ1) is 12.5. The van der Waals surface area contributed by atoms with Crippen LogP contribution in [0.3, 0.4) is 0 Å². The Hall–Kier alpha value is -2.86. The van der Waals surface area contributed by atoms with Crippen LogP contribution in [0.1, 0.15) is 12.0 Å². The number of halogens is 1. The highest BCUT2D eigenvalue weighted by molar-refractivity contribution is 6.33. The smallest absolute Gasteiger partial charge is 0.229 e. The number of nitrogens with one attached hydrogen (secondary N) is 2. The lowest BCUT2D eigenvalue weighted by atomic mass is 10.1. The summed E-state index contributed by atoms with van der Waals surface area (Å²) in [6, 6.07) is 13.0. The van der Waals surface area contributed by atoms with Crippen molar-refractivity contribution in [2.45, 2.75) is 13.3 Å². The third-order valence-electron chi connectivity index (χ3n) is 4.58. The van der Waals surface area contributed by atoms with E-state index in [0.717, 1.165) is 16.5 Å². The van der Waals surface area contributed by atoms with Crippen LogP contribution in [0.2, 0.25) is 5.02 Å². The molecule has 1 aliphatic heterocycles. The second kappa shape index (κ2) is 6.46. The van der Waals surface area contributed by atoms with Gasteiger partial charge in [0.2, 0.25) is 11.8 Å². The highest BCUT2D eigenvalue weighted by Gasteiger charge is 2.37. The van der Waals surface area contributed by atoms with Gasteiger partial charge >= 0.3 is 0 Å². The van der Waals surface area contributed by atoms with Gasteiger partial charge in [-0.1, -0.05) is 29.8 Å². The van der Waals surface area contributed by atoms with Gasteiger partial charge in [0.25, 0.3) is 0 Å². The van der Waals surface area contributed by atoms with E-state index in [2.05, 4.69) is 15.5 Å². The van der Waals surface area contributed by atoms with Crippen molar-refractivity contribution in [2.24, 2.45) is 5.92 Å². The van der Waals surface area contributed by atoms with Crippen LogP contribution in [0, 0.1) is 12.8 Å². The van der Waals surface area contributed by atoms with Crippen LogP contribution in [0.4, 0.5) is 11.5 Å². The Morgan fingerprint density at radius 1 is 1.31 bits per heavy atom. The predicted molar refractivity (Wildman–Crippen MR) is 101 cm³/mol. The zero-order chi connectivity index (χ0) is 18.3. The minimum Gasteiger partial charge on any atom is -0.324 e. The number of fused-ring (bicyclic) bond motifs is 1. The van der Waals surface area contributed by atoms with E-state index in [1.807, 2.05) is 37.3 Å². The molecule has 3 aromatic rings. The Labute approximate surface area is 155 Å². The van der Waals surface area contributed by atoms with Gasteiger partial charge < -0.3 is 5.32 Å². The fourth-order valence-electron chi connectivity index (χ4n) is 3.20. The molecule has 26 heavy (non-hydrogen) atoms. The van der Waals surface area contributed by atoms with Gasteiger partial charge in [-0.15, -0.1) is 0 Å². The molecule has 0 unspecified atom stereocenters. The maximum Gasteiger partial charge on any atom is 0.229 e. The summed E-state index contributed by atoms with van der Waals surface area (Å²) in [6.45, 7) is 2.22. The highest BCUT2D eigenvalue weighted by atomic mass is 35.5. The number of aryl methyl sites for hydroxylation is 1. The van der Waals surface area contributed by atoms with E-state index in [4.69, 9.17) is 11.6 Å². The molecule has 2 amide bonds. The summed E-state index contributed by atoms with van der Waals surface area (Å²) in [6.07, 6.45) is 0.149. The molecule has 0 radical (unpaired) electrons. The van der Waals surface area contributed by atoms with Crippen molar-refractivity contribution >= 4 is 45.8 Å². The maximum absolute atomic E-state index is 12.6. The molecule has 4 rings (SSSR count). The fourth-order valence-corrected chi connectivity index (χ4v) is 3.48. The van der Waals surface area contributed by atoms with E-state index in [9.17, 15) is 9.59 Å². The third-order valence-corrected chi connectivity index (χ3v) is 4.90. The van der Waals surface area contributed by atoms with Crippen molar-refractivity contribution in [3.8, 4) is 0 Å². The lowest BCUT2D eigenvalue weighted by Crippen LogP contribution is -2.28. The highest BCUT2D eigenvalue weighted by Crippen LogP contribution is 2.31. The van der Waals surface area contributed by atoms with Gasteiger partial charge in [-0.3, -0.25) is 19.6 Å². The molecule has 0 saturated carbocycles.